The van der Waals surface area contributed by atoms with Gasteiger partial charge >= 0.3 is 0 Å². The third kappa shape index (κ3) is 1.30. The van der Waals surface area contributed by atoms with Crippen molar-refractivity contribution in [2.24, 2.45) is 0 Å². The Labute approximate surface area is 82.6 Å². The molecule has 4 heteroatoms. The summed E-state index contributed by atoms with van der Waals surface area (Å²) in [4.78, 5) is 4.28. The second kappa shape index (κ2) is 3.20. The van der Waals surface area contributed by atoms with E-state index in [1.807, 2.05) is 24.4 Å². The first-order valence-corrected chi connectivity index (χ1v) is 6.66. The van der Waals surface area contributed by atoms with Crippen LogP contribution in [0.1, 0.15) is 0 Å². The van der Waals surface area contributed by atoms with Gasteiger partial charge < -0.3 is 4.98 Å². The Bertz CT molecular complexity index is 433. The van der Waals surface area contributed by atoms with Crippen LogP contribution in [0.25, 0.3) is 10.9 Å². The number of rotatable bonds is 1. The third-order valence-electron chi connectivity index (χ3n) is 1.74. The van der Waals surface area contributed by atoms with Gasteiger partial charge in [-0.3, -0.25) is 0 Å². The van der Waals surface area contributed by atoms with Gasteiger partial charge in [0.2, 0.25) is 0 Å². The van der Waals surface area contributed by atoms with Crippen LogP contribution in [0.3, 0.4) is 0 Å². The van der Waals surface area contributed by atoms with Gasteiger partial charge in [0.15, 0.2) is 0 Å². The number of nitrogens with one attached hydrogen (secondary N) is 1. The summed E-state index contributed by atoms with van der Waals surface area (Å²) in [5, 5.41) is 1.19. The minimum atomic E-state index is -0.376. The Morgan fingerprint density at radius 1 is 1.33 bits per heavy atom. The van der Waals surface area contributed by atoms with E-state index in [0.717, 1.165) is 10.4 Å². The number of thiol groups is 1. The smallest absolute Gasteiger partial charge is 0.0472 e. The van der Waals surface area contributed by atoms with E-state index in [1.165, 1.54) is 5.39 Å². The molecule has 2 aromatic rings. The Morgan fingerprint density at radius 3 is 2.83 bits per heavy atom. The van der Waals surface area contributed by atoms with Gasteiger partial charge in [-0.2, -0.15) is 0 Å². The summed E-state index contributed by atoms with van der Waals surface area (Å²) in [6, 6.07) is 8.11. The van der Waals surface area contributed by atoms with Crippen molar-refractivity contribution in [2.45, 2.75) is 4.90 Å². The maximum Gasteiger partial charge on any atom is 0.0472 e. The molecule has 1 atom stereocenters. The molecule has 0 saturated carbocycles. The zero-order chi connectivity index (χ0) is 8.55. The molecule has 2 rings (SSSR count). The summed E-state index contributed by atoms with van der Waals surface area (Å²) in [6.07, 6.45) is 1.94. The highest BCUT2D eigenvalue weighted by Crippen LogP contribution is 2.22. The molecule has 0 spiro atoms. The highest BCUT2D eigenvalue weighted by atomic mass is 33.3. The predicted molar refractivity (Wildman–Crippen MR) is 60.3 cm³/mol. The number of benzene rings is 1. The molecular weight excluding hydrogens is 206 g/mol. The van der Waals surface area contributed by atoms with E-state index in [4.69, 9.17) is 11.2 Å². The standard InChI is InChI=1S/C8H7NS3/c10-12(11)8-5-9-7-4-2-1-3-6(7)8/h1-5,9H,(H,10,11). The van der Waals surface area contributed by atoms with Gasteiger partial charge in [-0.25, -0.2) is 0 Å². The largest absolute Gasteiger partial charge is 0.360 e. The molecule has 0 aliphatic rings. The number of para-hydroxylation sites is 1. The van der Waals surface area contributed by atoms with E-state index in [2.05, 4.69) is 22.7 Å². The fraction of sp³-hybridized carbons (Fsp3) is 0. The summed E-state index contributed by atoms with van der Waals surface area (Å²) in [5.74, 6) is 0. The van der Waals surface area contributed by atoms with Crippen molar-refractivity contribution in [2.75, 3.05) is 0 Å². The molecular formula is C8H7NS3. The molecule has 1 N–H and O–H groups in total. The minimum absolute atomic E-state index is 0.376. The van der Waals surface area contributed by atoms with Gasteiger partial charge in [0, 0.05) is 22.0 Å². The van der Waals surface area contributed by atoms with Crippen molar-refractivity contribution in [1.82, 2.24) is 4.98 Å². The number of H-pyrrole nitrogens is 1. The van der Waals surface area contributed by atoms with Crippen LogP contribution < -0.4 is 0 Å². The zero-order valence-corrected chi connectivity index (χ0v) is 8.68. The normalized spacial score (nSPS) is 13.4. The second-order valence-electron chi connectivity index (χ2n) is 2.45. The van der Waals surface area contributed by atoms with Crippen LogP contribution in [-0.4, -0.2) is 4.98 Å². The highest BCUT2D eigenvalue weighted by molar-refractivity contribution is 8.76. The van der Waals surface area contributed by atoms with Crippen LogP contribution in [0, 0.1) is 0 Å². The van der Waals surface area contributed by atoms with E-state index in [9.17, 15) is 0 Å². The molecule has 62 valence electrons. The first-order valence-electron chi connectivity index (χ1n) is 3.46. The summed E-state index contributed by atoms with van der Waals surface area (Å²) < 4.78 is 0. The van der Waals surface area contributed by atoms with Gasteiger partial charge in [-0.1, -0.05) is 18.2 Å². The quantitative estimate of drug-likeness (QED) is 0.549. The van der Waals surface area contributed by atoms with Crippen molar-refractivity contribution in [3.63, 3.8) is 0 Å². The van der Waals surface area contributed by atoms with Crippen LogP contribution in [-0.2, 0) is 19.7 Å². The summed E-state index contributed by atoms with van der Waals surface area (Å²) in [5.41, 5.74) is 1.13. The van der Waals surface area contributed by atoms with Gasteiger partial charge in [0.05, 0.1) is 0 Å². The van der Waals surface area contributed by atoms with Gasteiger partial charge in [-0.05, 0) is 25.7 Å². The molecule has 0 bridgehead atoms. The van der Waals surface area contributed by atoms with E-state index < -0.39 is 0 Å². The fourth-order valence-corrected chi connectivity index (χ4v) is 2.58. The molecule has 0 saturated heterocycles. The summed E-state index contributed by atoms with van der Waals surface area (Å²) in [7, 11) is -0.376. The van der Waals surface area contributed by atoms with E-state index >= 15 is 0 Å². The van der Waals surface area contributed by atoms with Crippen LogP contribution in [0.4, 0.5) is 0 Å². The molecule has 0 amide bonds. The number of aromatic amines is 1. The van der Waals surface area contributed by atoms with Crippen molar-refractivity contribution in [3.8, 4) is 0 Å². The highest BCUT2D eigenvalue weighted by Gasteiger charge is 2.02. The first-order chi connectivity index (χ1) is 5.79. The lowest BCUT2D eigenvalue weighted by molar-refractivity contribution is 1.42. The maximum atomic E-state index is 5.10. The van der Waals surface area contributed by atoms with Crippen LogP contribution in [0.2, 0.25) is 0 Å². The summed E-state index contributed by atoms with van der Waals surface area (Å²) >= 11 is 9.35. The number of aromatic nitrogens is 1. The molecule has 0 radical (unpaired) electrons. The van der Waals surface area contributed by atoms with Crippen molar-refractivity contribution >= 4 is 42.2 Å². The zero-order valence-electron chi connectivity index (χ0n) is 6.15. The van der Waals surface area contributed by atoms with Gasteiger partial charge in [-0.15, -0.1) is 11.7 Å². The molecule has 0 fully saturated rings. The predicted octanol–water partition coefficient (Wildman–Crippen LogP) is 2.45. The Kier molecular flexibility index (Phi) is 2.21. The molecule has 1 heterocycles. The lowest BCUT2D eigenvalue weighted by Crippen LogP contribution is -1.74. The molecule has 12 heavy (non-hydrogen) atoms. The lowest BCUT2D eigenvalue weighted by Gasteiger charge is -1.93. The average molecular weight is 213 g/mol. The third-order valence-corrected chi connectivity index (χ3v) is 3.58. The maximum absolute atomic E-state index is 5.10. The van der Waals surface area contributed by atoms with E-state index in [-0.39, 0.29) is 8.49 Å². The van der Waals surface area contributed by atoms with Gasteiger partial charge in [0.25, 0.3) is 0 Å². The average Bonchev–Trinajstić information content (AvgIpc) is 2.47. The Balaban J connectivity index is 2.79. The van der Waals surface area contributed by atoms with Crippen molar-refractivity contribution < 1.29 is 0 Å². The van der Waals surface area contributed by atoms with Gasteiger partial charge in [0.1, 0.15) is 0 Å². The molecule has 0 aliphatic heterocycles. The summed E-state index contributed by atoms with van der Waals surface area (Å²) in [6.45, 7) is 0. The molecule has 0 aliphatic carbocycles. The van der Waals surface area contributed by atoms with E-state index in [1.54, 1.807) is 0 Å². The number of hydrogen-bond acceptors (Lipinski definition) is 1. The lowest BCUT2D eigenvalue weighted by atomic mass is 10.2. The van der Waals surface area contributed by atoms with Crippen LogP contribution >= 0.6 is 11.7 Å². The Morgan fingerprint density at radius 2 is 2.08 bits per heavy atom. The van der Waals surface area contributed by atoms with Crippen molar-refractivity contribution in [3.05, 3.63) is 30.5 Å². The Hall–Kier alpha value is -0.320. The number of fused-ring (bicyclic) bond motifs is 1. The van der Waals surface area contributed by atoms with Crippen LogP contribution in [0.5, 0.6) is 0 Å². The second-order valence-corrected chi connectivity index (χ2v) is 6.22. The van der Waals surface area contributed by atoms with E-state index in [0.29, 0.717) is 0 Å². The van der Waals surface area contributed by atoms with Crippen molar-refractivity contribution in [1.29, 1.82) is 0 Å². The fourth-order valence-electron chi connectivity index (χ4n) is 1.19. The van der Waals surface area contributed by atoms with Crippen LogP contribution in [0.15, 0.2) is 35.4 Å². The first kappa shape index (κ1) is 8.29. The SMILES string of the molecule is S=S(S)c1c[nH]c2ccccc12. The monoisotopic (exact) mass is 213 g/mol. The number of hydrogen-bond donors (Lipinski definition) is 2. The molecule has 1 aromatic heterocycles. The molecule has 1 aromatic carbocycles. The molecule has 1 nitrogen and oxygen atoms in total. The molecule has 1 unspecified atom stereocenters. The minimum Gasteiger partial charge on any atom is -0.360 e. The topological polar surface area (TPSA) is 15.8 Å².